The highest BCUT2D eigenvalue weighted by Gasteiger charge is 2.59. The second-order valence-electron chi connectivity index (χ2n) is 7.59. The molecule has 1 fully saturated rings. The summed E-state index contributed by atoms with van der Waals surface area (Å²) < 4.78 is 5.16. The summed E-state index contributed by atoms with van der Waals surface area (Å²) in [7, 11) is 6.72. The number of aliphatic hydroxyl groups excluding tert-OH is 1. The van der Waals surface area contributed by atoms with Crippen molar-refractivity contribution in [3.8, 4) is 0 Å². The zero-order chi connectivity index (χ0) is 21.3. The Bertz CT molecular complexity index is 819. The van der Waals surface area contributed by atoms with E-state index in [4.69, 9.17) is 12.5 Å². The van der Waals surface area contributed by atoms with Gasteiger partial charge in [-0.2, -0.15) is 0 Å². The smallest absolute Gasteiger partial charge is 0.358 e. The lowest BCUT2D eigenvalue weighted by Gasteiger charge is -2.46. The van der Waals surface area contributed by atoms with Crippen molar-refractivity contribution >= 4 is 28.8 Å². The van der Waals surface area contributed by atoms with Crippen LogP contribution in [0.15, 0.2) is 23.7 Å². The van der Waals surface area contributed by atoms with Crippen LogP contribution in [0.2, 0.25) is 0 Å². The van der Waals surface area contributed by atoms with Crippen molar-refractivity contribution in [3.05, 3.63) is 35.1 Å². The minimum absolute atomic E-state index is 0.0874. The van der Waals surface area contributed by atoms with Crippen molar-refractivity contribution in [1.29, 1.82) is 0 Å². The first kappa shape index (κ1) is 21.8. The van der Waals surface area contributed by atoms with Gasteiger partial charge in [0.15, 0.2) is 7.98 Å². The molecule has 154 valence electrons. The lowest BCUT2D eigenvalue weighted by Crippen LogP contribution is -2.63. The fraction of sp³-hybridized carbons (Fsp3) is 0.556. The number of likely N-dealkylation sites (N-methyl/N-ethyl adjacent to an activating group) is 1. The number of hydrogen-bond donors (Lipinski definition) is 2. The van der Waals surface area contributed by atoms with E-state index in [0.29, 0.717) is 13.1 Å². The first-order valence-corrected chi connectivity index (χ1v) is 10.3. The summed E-state index contributed by atoms with van der Waals surface area (Å²) in [4.78, 5) is 39.7. The zero-order valence-corrected chi connectivity index (χ0v) is 17.9. The van der Waals surface area contributed by atoms with Crippen LogP contribution in [-0.4, -0.2) is 70.5 Å². The van der Waals surface area contributed by atoms with E-state index in [1.165, 1.54) is 4.90 Å². The van der Waals surface area contributed by atoms with Crippen LogP contribution in [0.5, 0.6) is 0 Å². The number of aliphatic hydroxyl groups is 1. The van der Waals surface area contributed by atoms with Crippen molar-refractivity contribution in [1.82, 2.24) is 24.8 Å². The predicted molar refractivity (Wildman–Crippen MR) is 108 cm³/mol. The number of carbonyl (C=O) groups is 2. The fourth-order valence-electron chi connectivity index (χ4n) is 4.09. The van der Waals surface area contributed by atoms with Gasteiger partial charge in [0, 0.05) is 31.4 Å². The van der Waals surface area contributed by atoms with Gasteiger partial charge < -0.3 is 19.5 Å². The molecule has 0 spiro atoms. The molecule has 1 unspecified atom stereocenters. The molecule has 29 heavy (non-hydrogen) atoms. The molecule has 1 saturated heterocycles. The lowest BCUT2D eigenvalue weighted by molar-refractivity contribution is -0.162. The molecule has 0 aromatic carbocycles. The van der Waals surface area contributed by atoms with E-state index < -0.39 is 26.9 Å². The Morgan fingerprint density at radius 2 is 2.17 bits per heavy atom. The maximum atomic E-state index is 12.7. The third-order valence-corrected chi connectivity index (χ3v) is 5.82. The number of fused-ring (bicyclic) bond motifs is 1. The van der Waals surface area contributed by atoms with E-state index >= 15 is 0 Å². The number of β-lactam (4-membered cyclic amide) rings is 1. The van der Waals surface area contributed by atoms with Gasteiger partial charge in [0.25, 0.3) is 0 Å². The van der Waals surface area contributed by atoms with Gasteiger partial charge >= 0.3 is 5.97 Å². The van der Waals surface area contributed by atoms with E-state index in [-0.39, 0.29) is 23.6 Å². The molecular weight excluding hydrogens is 392 g/mol. The Labute approximate surface area is 173 Å². The number of nitrogens with zero attached hydrogens (tertiary/aromatic N) is 4. The standard InChI is InChI=1S/C18H25BN5O4P/c1-9-5-21-12(6-20-9)7-23(4)8-13-10(2)15-14(11(3)25)17(26)24(15)16(13)18(27)28-29-22-19/h5-6,10-11,14-15,22,25,29H,7-8H2,1-4H3/t10-,11+,14+,15+/m0/s1. The van der Waals surface area contributed by atoms with Crippen LogP contribution in [0, 0.1) is 18.8 Å². The topological polar surface area (TPSA) is 108 Å². The van der Waals surface area contributed by atoms with Crippen molar-refractivity contribution < 1.29 is 19.2 Å². The molecule has 1 aromatic heterocycles. The lowest BCUT2D eigenvalue weighted by atomic mass is 9.77. The fourth-order valence-corrected chi connectivity index (χ4v) is 4.34. The molecule has 9 nitrogen and oxygen atoms in total. The second kappa shape index (κ2) is 8.87. The number of hydrogen-bond acceptors (Lipinski definition) is 8. The summed E-state index contributed by atoms with van der Waals surface area (Å²) in [5.74, 6) is -1.45. The van der Waals surface area contributed by atoms with Gasteiger partial charge in [0.2, 0.25) is 5.91 Å². The molecule has 2 aliphatic rings. The molecule has 1 aromatic rings. The molecular formula is C18H25BN5O4P. The quantitative estimate of drug-likeness (QED) is 0.347. The van der Waals surface area contributed by atoms with Crippen LogP contribution >= 0.6 is 8.96 Å². The molecule has 3 heterocycles. The van der Waals surface area contributed by atoms with Crippen molar-refractivity contribution in [2.45, 2.75) is 39.5 Å². The molecule has 2 N–H and O–H groups in total. The average Bonchev–Trinajstić information content (AvgIpc) is 2.90. The summed E-state index contributed by atoms with van der Waals surface area (Å²) >= 11 is 0. The molecule has 5 atom stereocenters. The first-order chi connectivity index (χ1) is 13.8. The molecule has 1 amide bonds. The van der Waals surface area contributed by atoms with Gasteiger partial charge in [-0.3, -0.25) is 19.7 Å². The summed E-state index contributed by atoms with van der Waals surface area (Å²) in [6.45, 7) is 6.44. The molecule has 2 aliphatic heterocycles. The van der Waals surface area contributed by atoms with Gasteiger partial charge in [-0.05, 0) is 26.5 Å². The van der Waals surface area contributed by atoms with Gasteiger partial charge in [-0.15, -0.1) is 0 Å². The predicted octanol–water partition coefficient (Wildman–Crippen LogP) is 0.0532. The van der Waals surface area contributed by atoms with Crippen LogP contribution in [-0.2, 0) is 20.7 Å². The molecule has 0 aliphatic carbocycles. The van der Waals surface area contributed by atoms with Crippen molar-refractivity contribution in [2.75, 3.05) is 13.6 Å². The van der Waals surface area contributed by atoms with Gasteiger partial charge in [0.05, 0.1) is 29.5 Å². The maximum absolute atomic E-state index is 12.7. The third-order valence-electron chi connectivity index (χ3n) is 5.42. The van der Waals surface area contributed by atoms with Crippen LogP contribution in [0.25, 0.3) is 0 Å². The van der Waals surface area contributed by atoms with Crippen LogP contribution in [0.1, 0.15) is 25.2 Å². The SMILES string of the molecule is [B]NPOC(=O)C1=C(CN(C)Cc2cnc(C)cn2)[C@H](C)[C@@H]2[C@@H]([C@@H](C)O)C(=O)N12. The number of amides is 1. The number of aromatic nitrogens is 2. The highest BCUT2D eigenvalue weighted by atomic mass is 31.1. The number of nitrogens with one attached hydrogen (secondary N) is 1. The number of aryl methyl sites for hydroxylation is 1. The Hall–Kier alpha value is -1.87. The van der Waals surface area contributed by atoms with Gasteiger partial charge in [0.1, 0.15) is 14.7 Å². The summed E-state index contributed by atoms with van der Waals surface area (Å²) in [5.41, 5.74) is 2.72. The highest BCUT2D eigenvalue weighted by molar-refractivity contribution is 7.32. The van der Waals surface area contributed by atoms with Crippen LogP contribution in [0.4, 0.5) is 0 Å². The monoisotopic (exact) mass is 417 g/mol. The second-order valence-corrected chi connectivity index (χ2v) is 8.28. The summed E-state index contributed by atoms with van der Waals surface area (Å²) in [6, 6.07) is -0.248. The first-order valence-electron chi connectivity index (χ1n) is 9.38. The van der Waals surface area contributed by atoms with Crippen molar-refractivity contribution in [2.24, 2.45) is 11.8 Å². The van der Waals surface area contributed by atoms with E-state index in [1.54, 1.807) is 19.3 Å². The average molecular weight is 417 g/mol. The summed E-state index contributed by atoms with van der Waals surface area (Å²) in [6.07, 6.45) is 2.65. The van der Waals surface area contributed by atoms with E-state index in [2.05, 4.69) is 15.0 Å². The van der Waals surface area contributed by atoms with Crippen LogP contribution < -0.4 is 5.00 Å². The Kier molecular flexibility index (Phi) is 6.68. The molecule has 2 radical (unpaired) electrons. The minimum Gasteiger partial charge on any atom is -0.428 e. The van der Waals surface area contributed by atoms with E-state index in [0.717, 1.165) is 17.0 Å². The molecule has 3 rings (SSSR count). The number of rotatable bonds is 8. The van der Waals surface area contributed by atoms with Crippen molar-refractivity contribution in [3.63, 3.8) is 0 Å². The zero-order valence-electron chi connectivity index (χ0n) is 16.9. The molecule has 11 heteroatoms. The molecule has 0 saturated carbocycles. The maximum Gasteiger partial charge on any atom is 0.358 e. The van der Waals surface area contributed by atoms with Gasteiger partial charge in [-0.25, -0.2) is 4.79 Å². The highest BCUT2D eigenvalue weighted by Crippen LogP contribution is 2.47. The minimum atomic E-state index is -0.782. The van der Waals surface area contributed by atoms with Crippen LogP contribution in [0.3, 0.4) is 0 Å². The Morgan fingerprint density at radius 3 is 2.76 bits per heavy atom. The third kappa shape index (κ3) is 4.21. The molecule has 0 bridgehead atoms. The Morgan fingerprint density at radius 1 is 1.45 bits per heavy atom. The summed E-state index contributed by atoms with van der Waals surface area (Å²) in [5, 5.41) is 10.0. The largest absolute Gasteiger partial charge is 0.428 e. The number of carbonyl (C=O) groups excluding carboxylic acids is 2. The normalized spacial score (nSPS) is 25.0. The Balaban J connectivity index is 1.83. The van der Waals surface area contributed by atoms with E-state index in [9.17, 15) is 14.7 Å². The van der Waals surface area contributed by atoms with E-state index in [1.807, 2.05) is 25.8 Å². The van der Waals surface area contributed by atoms with Gasteiger partial charge in [-0.1, -0.05) is 6.92 Å².